The van der Waals surface area contributed by atoms with Crippen molar-refractivity contribution in [3.63, 3.8) is 0 Å². The van der Waals surface area contributed by atoms with Crippen molar-refractivity contribution in [2.45, 2.75) is 130 Å². The van der Waals surface area contributed by atoms with Gasteiger partial charge in [0.1, 0.15) is 108 Å². The van der Waals surface area contributed by atoms with Gasteiger partial charge >= 0.3 is 5.97 Å². The normalized spacial score (nSPS) is 35.7. The number of aliphatic hydroxyl groups is 12. The number of rotatable bonds is 16. The van der Waals surface area contributed by atoms with Gasteiger partial charge in [0, 0.05) is 23.8 Å². The van der Waals surface area contributed by atoms with Crippen LogP contribution in [0, 0.1) is 0 Å². The van der Waals surface area contributed by atoms with Crippen LogP contribution in [-0.4, -0.2) is 232 Å². The van der Waals surface area contributed by atoms with E-state index in [0.717, 1.165) is 18.2 Å². The Labute approximate surface area is 434 Å². The molecule has 4 aromatic rings. The van der Waals surface area contributed by atoms with Crippen molar-refractivity contribution in [1.82, 2.24) is 0 Å². The van der Waals surface area contributed by atoms with Crippen LogP contribution in [0.5, 0.6) is 34.5 Å². The number of phenolic OH excluding ortho intramolecular Hbond substituents is 3. The minimum atomic E-state index is -2.23. The number of benzene rings is 3. The predicted octanol–water partition coefficient (Wildman–Crippen LogP) is -4.12. The molecule has 1 aromatic heterocycles. The number of aromatic hydroxyl groups is 3. The second-order valence-corrected chi connectivity index (χ2v) is 18.4. The van der Waals surface area contributed by atoms with Gasteiger partial charge in [-0.2, -0.15) is 0 Å². The number of aliphatic hydroxyl groups excluding tert-OH is 12. The zero-order chi connectivity index (χ0) is 55.7. The molecule has 0 aliphatic carbocycles. The molecule has 28 nitrogen and oxygen atoms in total. The van der Waals surface area contributed by atoms with Gasteiger partial charge in [-0.3, -0.25) is 4.79 Å². The lowest BCUT2D eigenvalue weighted by atomic mass is 9.96. The van der Waals surface area contributed by atoms with E-state index >= 15 is 0 Å². The summed E-state index contributed by atoms with van der Waals surface area (Å²) in [6, 6.07) is 11.0. The van der Waals surface area contributed by atoms with Gasteiger partial charge in [0.15, 0.2) is 42.0 Å². The molecular formula is C49H58O28. The second kappa shape index (κ2) is 24.0. The van der Waals surface area contributed by atoms with E-state index in [4.69, 9.17) is 51.8 Å². The van der Waals surface area contributed by atoms with Crippen molar-refractivity contribution in [3.05, 3.63) is 76.5 Å². The van der Waals surface area contributed by atoms with Crippen LogP contribution in [0.4, 0.5) is 0 Å². The molecule has 5 heterocycles. The van der Waals surface area contributed by atoms with E-state index in [0.29, 0.717) is 5.56 Å². The molecule has 4 saturated heterocycles. The molecule has 0 amide bonds. The van der Waals surface area contributed by atoms with E-state index in [1.807, 2.05) is 0 Å². The largest absolute Gasteiger partial charge is 0.508 e. The highest BCUT2D eigenvalue weighted by Crippen LogP contribution is 2.40. The second-order valence-electron chi connectivity index (χ2n) is 18.4. The van der Waals surface area contributed by atoms with Crippen LogP contribution < -0.4 is 19.6 Å². The summed E-state index contributed by atoms with van der Waals surface area (Å²) in [5, 5.41) is 159. The number of ether oxygens (including phenoxy) is 10. The molecule has 422 valence electrons. The van der Waals surface area contributed by atoms with Crippen LogP contribution in [0.3, 0.4) is 0 Å². The van der Waals surface area contributed by atoms with Gasteiger partial charge in [-0.15, -0.1) is 0 Å². The Balaban J connectivity index is 1.09. The first-order valence-electron chi connectivity index (χ1n) is 23.8. The molecule has 28 heteroatoms. The molecule has 0 saturated carbocycles. The highest BCUT2D eigenvalue weighted by atomic mass is 16.8. The van der Waals surface area contributed by atoms with Gasteiger partial charge < -0.3 is 128 Å². The zero-order valence-corrected chi connectivity index (χ0v) is 40.5. The Morgan fingerprint density at radius 3 is 1.94 bits per heavy atom. The number of hydrogen-bond acceptors (Lipinski definition) is 28. The molecule has 0 radical (unpaired) electrons. The van der Waals surface area contributed by atoms with Crippen LogP contribution in [0.15, 0.2) is 69.9 Å². The lowest BCUT2D eigenvalue weighted by Crippen LogP contribution is -2.65. The lowest BCUT2D eigenvalue weighted by Gasteiger charge is -2.46. The summed E-state index contributed by atoms with van der Waals surface area (Å²) < 4.78 is 62.5. The van der Waals surface area contributed by atoms with Gasteiger partial charge in [-0.1, -0.05) is 6.07 Å². The fourth-order valence-electron chi connectivity index (χ4n) is 8.89. The summed E-state index contributed by atoms with van der Waals surface area (Å²) in [6.45, 7) is -1.19. The molecule has 3 aromatic carbocycles. The summed E-state index contributed by atoms with van der Waals surface area (Å²) in [5.41, 5.74) is -1.21. The SMILES string of the molecule is COc1cc(/C=C/C(=O)O[C@@H]2[C@@H](O)[C@H](Oc3cc(O)c4c(=O)c(O[C@@H]5O[C@H](CO[C@@H]6O[C@@H](C)[C@H](O)[C@@H](O)[C@H]6O)[C@@H](O[C@@H]6O[C@H](CO)[C@@H](O)[C@H](O)[C@H]6O)[C@H](O)[C@H]5O)c(-c5ccc(O)cc5)oc4c3)O[C@H](CO)[C@H]2O)ccc1O. The quantitative estimate of drug-likeness (QED) is 0.0374. The Hall–Kier alpha value is -5.84. The number of methoxy groups -OCH3 is 1. The van der Waals surface area contributed by atoms with Gasteiger partial charge in [0.2, 0.25) is 23.8 Å². The summed E-state index contributed by atoms with van der Waals surface area (Å²) in [5.74, 6) is -3.89. The first-order chi connectivity index (χ1) is 36.6. The van der Waals surface area contributed by atoms with Crippen LogP contribution in [0.25, 0.3) is 28.4 Å². The van der Waals surface area contributed by atoms with E-state index in [1.165, 1.54) is 62.6 Å². The maximum absolute atomic E-state index is 14.6. The van der Waals surface area contributed by atoms with E-state index in [2.05, 4.69) is 0 Å². The molecule has 77 heavy (non-hydrogen) atoms. The van der Waals surface area contributed by atoms with Crippen LogP contribution in [-0.2, 0) is 38.0 Å². The molecule has 8 rings (SSSR count). The van der Waals surface area contributed by atoms with E-state index < -0.39 is 182 Å². The number of esters is 1. The third-order valence-corrected chi connectivity index (χ3v) is 13.2. The van der Waals surface area contributed by atoms with Crippen molar-refractivity contribution < 1.29 is 133 Å². The third kappa shape index (κ3) is 11.9. The highest BCUT2D eigenvalue weighted by molar-refractivity contribution is 5.89. The van der Waals surface area contributed by atoms with Crippen molar-refractivity contribution in [2.75, 3.05) is 26.9 Å². The third-order valence-electron chi connectivity index (χ3n) is 13.2. The minimum absolute atomic E-state index is 0.00420. The maximum Gasteiger partial charge on any atom is 0.331 e. The average Bonchev–Trinajstić information content (AvgIpc) is 3.49. The van der Waals surface area contributed by atoms with Crippen LogP contribution >= 0.6 is 0 Å². The summed E-state index contributed by atoms with van der Waals surface area (Å²) >= 11 is 0. The molecule has 0 unspecified atom stereocenters. The van der Waals surface area contributed by atoms with Gasteiger partial charge in [-0.05, 0) is 55.0 Å². The molecule has 4 aliphatic heterocycles. The lowest BCUT2D eigenvalue weighted by molar-refractivity contribution is -0.359. The molecule has 4 aliphatic rings. The number of phenols is 3. The number of hydrogen-bond donors (Lipinski definition) is 15. The Kier molecular flexibility index (Phi) is 17.9. The van der Waals surface area contributed by atoms with Gasteiger partial charge in [0.25, 0.3) is 0 Å². The summed E-state index contributed by atoms with van der Waals surface area (Å²) in [4.78, 5) is 27.6. The smallest absolute Gasteiger partial charge is 0.331 e. The Morgan fingerprint density at radius 2 is 1.25 bits per heavy atom. The molecule has 0 bridgehead atoms. The van der Waals surface area contributed by atoms with Gasteiger partial charge in [0.05, 0.1) is 33.0 Å². The standard InChI is InChI=1S/C49H58O28/c1-17-31(56)35(60)38(63)46(69-17)68-16-28-43(76-47-39(64)36(61)32(57)26(14-50)72-47)37(62)40(65)48(74-28)77-45-34(59)30-23(54)12-21(13-25(30)71-42(45)19-5-7-20(52)8-6-19)70-49-41(66)44(33(58)27(15-51)73-49)75-29(55)10-4-18-3-9-22(53)24(11-18)67-2/h3-13,17,26-28,31-33,35-41,43-44,46-54,56-58,60-66H,14-16H2,1-2H3/b10-4+/t17-,26+,27+,28+,31-,32+,33+,35+,36-,37+,38+,39+,40+,41+,43+,44-,46+,47-,48-,49+/m0/s1. The van der Waals surface area contributed by atoms with Crippen LogP contribution in [0.1, 0.15) is 12.5 Å². The fraction of sp³-hybridized carbons (Fsp3) is 0.510. The van der Waals surface area contributed by atoms with E-state index in [9.17, 15) is 86.2 Å². The number of carbonyl (C=O) groups excluding carboxylic acids is 1. The first-order valence-corrected chi connectivity index (χ1v) is 23.8. The number of fused-ring (bicyclic) bond motifs is 1. The van der Waals surface area contributed by atoms with Crippen molar-refractivity contribution in [3.8, 4) is 45.8 Å². The molecular weight excluding hydrogens is 1040 g/mol. The average molecular weight is 1090 g/mol. The Bertz CT molecular complexity index is 2750. The zero-order valence-electron chi connectivity index (χ0n) is 40.5. The topological polar surface area (TPSA) is 443 Å². The monoisotopic (exact) mass is 1090 g/mol. The van der Waals surface area contributed by atoms with Crippen molar-refractivity contribution in [2.24, 2.45) is 0 Å². The van der Waals surface area contributed by atoms with E-state index in [-0.39, 0.29) is 28.6 Å². The van der Waals surface area contributed by atoms with Crippen molar-refractivity contribution >= 4 is 23.0 Å². The summed E-state index contributed by atoms with van der Waals surface area (Å²) in [6.07, 6.45) is -34.0. The molecule has 15 N–H and O–H groups in total. The fourth-order valence-corrected chi connectivity index (χ4v) is 8.89. The van der Waals surface area contributed by atoms with Crippen LogP contribution in [0.2, 0.25) is 0 Å². The van der Waals surface area contributed by atoms with E-state index in [1.54, 1.807) is 0 Å². The van der Waals surface area contributed by atoms with Gasteiger partial charge in [-0.25, -0.2) is 4.79 Å². The van der Waals surface area contributed by atoms with Crippen molar-refractivity contribution in [1.29, 1.82) is 0 Å². The number of carbonyl (C=O) groups is 1. The first kappa shape index (κ1) is 57.3. The molecule has 20 atom stereocenters. The Morgan fingerprint density at radius 1 is 0.623 bits per heavy atom. The minimum Gasteiger partial charge on any atom is -0.508 e. The molecule has 0 spiro atoms. The highest BCUT2D eigenvalue weighted by Gasteiger charge is 2.53. The molecule has 4 fully saturated rings. The summed E-state index contributed by atoms with van der Waals surface area (Å²) in [7, 11) is 1.32. The maximum atomic E-state index is 14.6. The predicted molar refractivity (Wildman–Crippen MR) is 251 cm³/mol.